The number of benzene rings is 1. The van der Waals surface area contributed by atoms with Crippen molar-refractivity contribution in [1.29, 1.82) is 0 Å². The number of aryl methyl sites for hydroxylation is 1. The van der Waals surface area contributed by atoms with Crippen molar-refractivity contribution in [1.82, 2.24) is 19.7 Å². The van der Waals surface area contributed by atoms with Gasteiger partial charge in [-0.15, -0.1) is 0 Å². The summed E-state index contributed by atoms with van der Waals surface area (Å²) in [6.07, 6.45) is 7.01. The molecule has 27 heavy (non-hydrogen) atoms. The third kappa shape index (κ3) is 4.62. The van der Waals surface area contributed by atoms with Gasteiger partial charge in [0.2, 0.25) is 0 Å². The van der Waals surface area contributed by atoms with Crippen LogP contribution in [0.2, 0.25) is 0 Å². The summed E-state index contributed by atoms with van der Waals surface area (Å²) in [7, 11) is 0. The van der Waals surface area contributed by atoms with Crippen LogP contribution in [-0.4, -0.2) is 39.4 Å². The summed E-state index contributed by atoms with van der Waals surface area (Å²) in [5.41, 5.74) is 4.80. The Morgan fingerprint density at radius 1 is 1.04 bits per heavy atom. The average molecular weight is 362 g/mol. The normalized spacial score (nSPS) is 17.9. The van der Waals surface area contributed by atoms with Gasteiger partial charge in [0.25, 0.3) is 0 Å². The number of hydrogen-bond donors (Lipinski definition) is 0. The zero-order chi connectivity index (χ0) is 18.5. The van der Waals surface area contributed by atoms with Gasteiger partial charge >= 0.3 is 0 Å². The number of nitrogens with zero attached hydrogens (tertiary/aromatic N) is 4. The van der Waals surface area contributed by atoms with Crippen LogP contribution in [0.25, 0.3) is 0 Å². The first-order valence-corrected chi connectivity index (χ1v) is 9.64. The van der Waals surface area contributed by atoms with Gasteiger partial charge in [0.15, 0.2) is 0 Å². The van der Waals surface area contributed by atoms with Crippen molar-refractivity contribution in [3.05, 3.63) is 83.4 Å². The molecule has 0 saturated carbocycles. The molecule has 140 valence electrons. The first kappa shape index (κ1) is 17.9. The number of hydrogen-bond acceptors (Lipinski definition) is 4. The van der Waals surface area contributed by atoms with Crippen LogP contribution in [0.5, 0.6) is 0 Å². The molecule has 1 aliphatic heterocycles. The molecule has 3 heterocycles. The van der Waals surface area contributed by atoms with E-state index in [1.54, 1.807) is 0 Å². The molecule has 5 nitrogen and oxygen atoms in total. The van der Waals surface area contributed by atoms with Crippen LogP contribution in [0.3, 0.4) is 0 Å². The molecule has 1 aliphatic rings. The topological polar surface area (TPSA) is 43.2 Å². The predicted molar refractivity (Wildman–Crippen MR) is 105 cm³/mol. The molecule has 1 atom stereocenters. The van der Waals surface area contributed by atoms with Crippen molar-refractivity contribution in [3.63, 3.8) is 0 Å². The molecule has 1 fully saturated rings. The summed E-state index contributed by atoms with van der Waals surface area (Å²) >= 11 is 0. The highest BCUT2D eigenvalue weighted by Crippen LogP contribution is 2.22. The highest BCUT2D eigenvalue weighted by atomic mass is 16.5. The van der Waals surface area contributed by atoms with Gasteiger partial charge in [-0.2, -0.15) is 5.10 Å². The fraction of sp³-hybridized carbons (Fsp3) is 0.364. The van der Waals surface area contributed by atoms with Crippen molar-refractivity contribution in [2.45, 2.75) is 32.5 Å². The molecular weight excluding hydrogens is 336 g/mol. The minimum atomic E-state index is 0.0331. The van der Waals surface area contributed by atoms with Crippen LogP contribution in [0.15, 0.2) is 61.1 Å². The Labute approximate surface area is 160 Å². The molecule has 0 N–H and O–H groups in total. The molecule has 1 saturated heterocycles. The lowest BCUT2D eigenvalue weighted by atomic mass is 10.1. The molecular formula is C22H26N4O. The second-order valence-corrected chi connectivity index (χ2v) is 7.05. The van der Waals surface area contributed by atoms with E-state index in [9.17, 15) is 0 Å². The van der Waals surface area contributed by atoms with Gasteiger partial charge in [-0.3, -0.25) is 14.6 Å². The highest BCUT2D eigenvalue weighted by Gasteiger charge is 2.23. The zero-order valence-corrected chi connectivity index (χ0v) is 15.8. The molecule has 4 rings (SSSR count). The van der Waals surface area contributed by atoms with E-state index < -0.39 is 0 Å². The van der Waals surface area contributed by atoms with Crippen LogP contribution in [0, 0.1) is 0 Å². The maximum atomic E-state index is 5.99. The van der Waals surface area contributed by atoms with Gasteiger partial charge < -0.3 is 4.74 Å². The van der Waals surface area contributed by atoms with Gasteiger partial charge in [-0.1, -0.05) is 36.4 Å². The number of rotatable bonds is 6. The second kappa shape index (κ2) is 8.46. The average Bonchev–Trinajstić information content (AvgIpc) is 3.17. The Morgan fingerprint density at radius 3 is 2.67 bits per heavy atom. The van der Waals surface area contributed by atoms with Crippen LogP contribution >= 0.6 is 0 Å². The maximum Gasteiger partial charge on any atom is 0.112 e. The maximum absolute atomic E-state index is 5.99. The summed E-state index contributed by atoms with van der Waals surface area (Å²) in [6, 6.07) is 14.8. The van der Waals surface area contributed by atoms with Crippen LogP contribution in [0.4, 0.5) is 0 Å². The van der Waals surface area contributed by atoms with Gasteiger partial charge in [0.1, 0.15) is 6.10 Å². The van der Waals surface area contributed by atoms with E-state index in [0.29, 0.717) is 0 Å². The first-order valence-electron chi connectivity index (χ1n) is 9.64. The minimum Gasteiger partial charge on any atom is -0.369 e. The molecule has 0 bridgehead atoms. The quantitative estimate of drug-likeness (QED) is 0.673. The number of aromatic nitrogens is 3. The van der Waals surface area contributed by atoms with E-state index in [0.717, 1.165) is 44.9 Å². The second-order valence-electron chi connectivity index (χ2n) is 7.05. The minimum absolute atomic E-state index is 0.0331. The van der Waals surface area contributed by atoms with Gasteiger partial charge in [0, 0.05) is 44.1 Å². The fourth-order valence-electron chi connectivity index (χ4n) is 3.51. The van der Waals surface area contributed by atoms with E-state index >= 15 is 0 Å². The summed E-state index contributed by atoms with van der Waals surface area (Å²) in [5.74, 6) is 0. The Kier molecular flexibility index (Phi) is 5.61. The molecule has 0 amide bonds. The number of pyridine rings is 1. The fourth-order valence-corrected chi connectivity index (χ4v) is 3.51. The lowest BCUT2D eigenvalue weighted by Gasteiger charge is -2.32. The smallest absolute Gasteiger partial charge is 0.112 e. The molecule has 3 aromatic rings. The van der Waals surface area contributed by atoms with E-state index in [4.69, 9.17) is 4.74 Å². The summed E-state index contributed by atoms with van der Waals surface area (Å²) in [4.78, 5) is 7.11. The monoisotopic (exact) mass is 362 g/mol. The van der Waals surface area contributed by atoms with Crippen molar-refractivity contribution < 1.29 is 4.74 Å². The summed E-state index contributed by atoms with van der Waals surface area (Å²) in [5, 5.41) is 4.37. The van der Waals surface area contributed by atoms with Crippen LogP contribution in [-0.2, 0) is 24.2 Å². The van der Waals surface area contributed by atoms with Crippen molar-refractivity contribution >= 4 is 0 Å². The lowest BCUT2D eigenvalue weighted by Crippen LogP contribution is -2.38. The van der Waals surface area contributed by atoms with E-state index in [-0.39, 0.29) is 6.10 Å². The number of ether oxygens (including phenoxy) is 1. The molecule has 0 aliphatic carbocycles. The molecule has 5 heteroatoms. The SMILES string of the molecule is CCn1cc(CN2CCOC(c3ccc(Cc4ccccc4)cn3)C2)cn1. The first-order chi connectivity index (χ1) is 13.3. The largest absolute Gasteiger partial charge is 0.369 e. The third-order valence-corrected chi connectivity index (χ3v) is 5.00. The van der Waals surface area contributed by atoms with Gasteiger partial charge in [-0.25, -0.2) is 0 Å². The van der Waals surface area contributed by atoms with E-state index in [1.165, 1.54) is 16.7 Å². The standard InChI is InChI=1S/C22H26N4O/c1-2-26-16-20(14-24-26)15-25-10-11-27-22(17-25)21-9-8-19(13-23-21)12-18-6-4-3-5-7-18/h3-9,13-14,16,22H,2,10-12,15,17H2,1H3. The Morgan fingerprint density at radius 2 is 1.93 bits per heavy atom. The lowest BCUT2D eigenvalue weighted by molar-refractivity contribution is -0.0350. The Hall–Kier alpha value is -2.50. The van der Waals surface area contributed by atoms with Crippen LogP contribution in [0.1, 0.15) is 35.4 Å². The van der Waals surface area contributed by atoms with Gasteiger partial charge in [-0.05, 0) is 30.5 Å². The molecule has 2 aromatic heterocycles. The Balaban J connectivity index is 1.37. The van der Waals surface area contributed by atoms with E-state index in [1.807, 2.05) is 23.1 Å². The van der Waals surface area contributed by atoms with Crippen molar-refractivity contribution in [2.75, 3.05) is 19.7 Å². The van der Waals surface area contributed by atoms with Crippen molar-refractivity contribution in [3.8, 4) is 0 Å². The molecule has 1 unspecified atom stereocenters. The predicted octanol–water partition coefficient (Wildman–Crippen LogP) is 3.46. The Bertz CT molecular complexity index is 844. The molecule has 1 aromatic carbocycles. The van der Waals surface area contributed by atoms with E-state index in [2.05, 4.69) is 64.5 Å². The summed E-state index contributed by atoms with van der Waals surface area (Å²) < 4.78 is 7.96. The third-order valence-electron chi connectivity index (χ3n) is 5.00. The number of morpholine rings is 1. The summed E-state index contributed by atoms with van der Waals surface area (Å²) in [6.45, 7) is 6.47. The highest BCUT2D eigenvalue weighted by molar-refractivity contribution is 5.25. The zero-order valence-electron chi connectivity index (χ0n) is 15.8. The molecule has 0 spiro atoms. The van der Waals surface area contributed by atoms with Gasteiger partial charge in [0.05, 0.1) is 18.5 Å². The molecule has 0 radical (unpaired) electrons. The van der Waals surface area contributed by atoms with Crippen LogP contribution < -0.4 is 0 Å². The van der Waals surface area contributed by atoms with Crippen molar-refractivity contribution in [2.24, 2.45) is 0 Å².